The van der Waals surface area contributed by atoms with E-state index >= 15 is 0 Å². The summed E-state index contributed by atoms with van der Waals surface area (Å²) in [6, 6.07) is 12.6. The number of carbonyl (C=O) groups is 2. The Hall–Kier alpha value is -2.55. The first-order chi connectivity index (χ1) is 12.1. The summed E-state index contributed by atoms with van der Waals surface area (Å²) >= 11 is 2.15. The lowest BCUT2D eigenvalue weighted by Crippen LogP contribution is -2.20. The van der Waals surface area contributed by atoms with Gasteiger partial charge in [0.1, 0.15) is 0 Å². The van der Waals surface area contributed by atoms with Crippen molar-refractivity contribution in [1.82, 2.24) is 0 Å². The molecule has 1 heterocycles. The van der Waals surface area contributed by atoms with Crippen molar-refractivity contribution in [3.8, 4) is 11.5 Å². The topological polar surface area (TPSA) is 73.9 Å². The average molecular weight is 451 g/mol. The van der Waals surface area contributed by atoms with Crippen molar-refractivity contribution in [1.29, 1.82) is 0 Å². The van der Waals surface area contributed by atoms with Crippen LogP contribution in [0.2, 0.25) is 0 Å². The highest BCUT2D eigenvalue weighted by Gasteiger charge is 2.12. The maximum absolute atomic E-state index is 11.8. The summed E-state index contributed by atoms with van der Waals surface area (Å²) in [5.74, 6) is 0.307. The first-order valence-electron chi connectivity index (χ1n) is 7.40. The third-order valence-corrected chi connectivity index (χ3v) is 3.93. The Labute approximate surface area is 157 Å². The summed E-state index contributed by atoms with van der Waals surface area (Å²) in [7, 11) is 0. The Morgan fingerprint density at radius 3 is 2.84 bits per heavy atom. The molecule has 0 spiro atoms. The van der Waals surface area contributed by atoms with Crippen molar-refractivity contribution in [2.75, 3.05) is 18.7 Å². The van der Waals surface area contributed by atoms with Gasteiger partial charge in [0.2, 0.25) is 6.79 Å². The Morgan fingerprint density at radius 1 is 1.16 bits per heavy atom. The van der Waals surface area contributed by atoms with Crippen LogP contribution in [0.25, 0.3) is 6.08 Å². The Bertz CT molecular complexity index is 834. The monoisotopic (exact) mass is 451 g/mol. The first kappa shape index (κ1) is 17.3. The first-order valence-corrected chi connectivity index (χ1v) is 8.48. The summed E-state index contributed by atoms with van der Waals surface area (Å²) in [5.41, 5.74) is 1.42. The van der Waals surface area contributed by atoms with Gasteiger partial charge in [0, 0.05) is 15.3 Å². The number of rotatable bonds is 5. The van der Waals surface area contributed by atoms with E-state index < -0.39 is 11.9 Å². The third-order valence-electron chi connectivity index (χ3n) is 3.26. The van der Waals surface area contributed by atoms with Gasteiger partial charge in [-0.05, 0) is 64.6 Å². The van der Waals surface area contributed by atoms with Gasteiger partial charge in [0.25, 0.3) is 5.91 Å². The summed E-state index contributed by atoms with van der Waals surface area (Å²) in [6.07, 6.45) is 2.85. The minimum Gasteiger partial charge on any atom is -0.454 e. The van der Waals surface area contributed by atoms with Crippen LogP contribution < -0.4 is 14.8 Å². The molecular weight excluding hydrogens is 437 g/mol. The van der Waals surface area contributed by atoms with Crippen LogP contribution in [-0.2, 0) is 14.3 Å². The second kappa shape index (κ2) is 8.02. The zero-order valence-corrected chi connectivity index (χ0v) is 15.2. The van der Waals surface area contributed by atoms with Gasteiger partial charge < -0.3 is 19.5 Å². The third kappa shape index (κ3) is 4.96. The highest BCUT2D eigenvalue weighted by Crippen LogP contribution is 2.32. The molecule has 0 fully saturated rings. The van der Waals surface area contributed by atoms with E-state index in [1.165, 1.54) is 6.08 Å². The van der Waals surface area contributed by atoms with Crippen molar-refractivity contribution in [2.24, 2.45) is 0 Å². The van der Waals surface area contributed by atoms with Crippen LogP contribution in [0.1, 0.15) is 5.56 Å². The quantitative estimate of drug-likeness (QED) is 0.430. The molecule has 2 aromatic rings. The van der Waals surface area contributed by atoms with Gasteiger partial charge in [-0.25, -0.2) is 4.79 Å². The molecule has 0 radical (unpaired) electrons. The molecule has 0 saturated carbocycles. The SMILES string of the molecule is O=C(COC(=O)/C=C/c1ccc2c(c1)OCO2)Nc1cccc(I)c1. The van der Waals surface area contributed by atoms with Gasteiger partial charge >= 0.3 is 5.97 Å². The van der Waals surface area contributed by atoms with Crippen molar-refractivity contribution in [3.05, 3.63) is 57.7 Å². The van der Waals surface area contributed by atoms with Crippen molar-refractivity contribution in [3.63, 3.8) is 0 Å². The number of hydrogen-bond donors (Lipinski definition) is 1. The summed E-state index contributed by atoms with van der Waals surface area (Å²) in [6.45, 7) is -0.157. The fraction of sp³-hybridized carbons (Fsp3) is 0.111. The van der Waals surface area contributed by atoms with E-state index in [4.69, 9.17) is 14.2 Å². The number of hydrogen-bond acceptors (Lipinski definition) is 5. The normalized spacial score (nSPS) is 12.2. The predicted molar refractivity (Wildman–Crippen MR) is 100 cm³/mol. The lowest BCUT2D eigenvalue weighted by molar-refractivity contribution is -0.142. The largest absolute Gasteiger partial charge is 0.454 e. The van der Waals surface area contributed by atoms with Crippen LogP contribution in [-0.4, -0.2) is 25.3 Å². The minimum atomic E-state index is -0.601. The molecule has 0 atom stereocenters. The van der Waals surface area contributed by atoms with Crippen LogP contribution >= 0.6 is 22.6 Å². The van der Waals surface area contributed by atoms with Gasteiger partial charge in [-0.15, -0.1) is 0 Å². The number of anilines is 1. The average Bonchev–Trinajstić information content (AvgIpc) is 3.06. The fourth-order valence-corrected chi connectivity index (χ4v) is 2.67. The molecule has 1 aliphatic heterocycles. The summed E-state index contributed by atoms with van der Waals surface area (Å²) < 4.78 is 16.4. The van der Waals surface area contributed by atoms with Gasteiger partial charge in [0.15, 0.2) is 18.1 Å². The Kier molecular flexibility index (Phi) is 5.54. The fourth-order valence-electron chi connectivity index (χ4n) is 2.13. The van der Waals surface area contributed by atoms with Crippen molar-refractivity contribution < 1.29 is 23.8 Å². The van der Waals surface area contributed by atoms with Crippen molar-refractivity contribution in [2.45, 2.75) is 0 Å². The minimum absolute atomic E-state index is 0.195. The zero-order chi connectivity index (χ0) is 17.6. The Balaban J connectivity index is 1.48. The predicted octanol–water partition coefficient (Wildman–Crippen LogP) is 3.22. The molecule has 3 rings (SSSR count). The molecule has 7 heteroatoms. The molecule has 0 aliphatic carbocycles. The molecule has 1 aliphatic rings. The summed E-state index contributed by atoms with van der Waals surface area (Å²) in [5, 5.41) is 2.66. The number of fused-ring (bicyclic) bond motifs is 1. The van der Waals surface area contributed by atoms with E-state index in [0.717, 1.165) is 9.13 Å². The smallest absolute Gasteiger partial charge is 0.331 e. The van der Waals surface area contributed by atoms with Crippen LogP contribution in [0.5, 0.6) is 11.5 Å². The molecule has 128 valence electrons. The second-order valence-corrected chi connectivity index (χ2v) is 6.36. The van der Waals surface area contributed by atoms with E-state index in [2.05, 4.69) is 27.9 Å². The number of carbonyl (C=O) groups excluding carboxylic acids is 2. The number of ether oxygens (including phenoxy) is 3. The van der Waals surface area contributed by atoms with E-state index in [1.54, 1.807) is 30.3 Å². The van der Waals surface area contributed by atoms with Crippen LogP contribution in [0.15, 0.2) is 48.5 Å². The van der Waals surface area contributed by atoms with Gasteiger partial charge in [0.05, 0.1) is 0 Å². The second-order valence-electron chi connectivity index (χ2n) is 5.11. The molecule has 2 aromatic carbocycles. The number of nitrogens with one attached hydrogen (secondary N) is 1. The highest BCUT2D eigenvalue weighted by molar-refractivity contribution is 14.1. The molecule has 0 aromatic heterocycles. The van der Waals surface area contributed by atoms with E-state index in [9.17, 15) is 9.59 Å². The van der Waals surface area contributed by atoms with Crippen LogP contribution in [0.3, 0.4) is 0 Å². The molecule has 0 saturated heterocycles. The van der Waals surface area contributed by atoms with Crippen LogP contribution in [0.4, 0.5) is 5.69 Å². The Morgan fingerprint density at radius 2 is 2.00 bits per heavy atom. The molecule has 0 unspecified atom stereocenters. The zero-order valence-electron chi connectivity index (χ0n) is 13.0. The number of benzene rings is 2. The summed E-state index contributed by atoms with van der Waals surface area (Å²) in [4.78, 5) is 23.5. The molecule has 1 amide bonds. The van der Waals surface area contributed by atoms with Gasteiger partial charge in [-0.3, -0.25) is 4.79 Å². The standard InChI is InChI=1S/C18H14INO5/c19-13-2-1-3-14(9-13)20-17(21)10-23-18(22)7-5-12-4-6-15-16(8-12)25-11-24-15/h1-9H,10-11H2,(H,20,21)/b7-5+. The van der Waals surface area contributed by atoms with Crippen LogP contribution in [0, 0.1) is 3.57 Å². The number of halogens is 1. The van der Waals surface area contributed by atoms with Crippen molar-refractivity contribution >= 4 is 46.2 Å². The van der Waals surface area contributed by atoms with E-state index in [0.29, 0.717) is 17.2 Å². The maximum Gasteiger partial charge on any atom is 0.331 e. The molecule has 0 bridgehead atoms. The maximum atomic E-state index is 11.8. The van der Waals surface area contributed by atoms with Gasteiger partial charge in [-0.2, -0.15) is 0 Å². The molecule has 1 N–H and O–H groups in total. The van der Waals surface area contributed by atoms with Gasteiger partial charge in [-0.1, -0.05) is 12.1 Å². The number of esters is 1. The number of amides is 1. The lowest BCUT2D eigenvalue weighted by Gasteiger charge is -2.05. The van der Waals surface area contributed by atoms with E-state index in [1.807, 2.05) is 18.2 Å². The molecule has 6 nitrogen and oxygen atoms in total. The molecule has 25 heavy (non-hydrogen) atoms. The van der Waals surface area contributed by atoms with E-state index in [-0.39, 0.29) is 13.4 Å². The molecular formula is C18H14INO5. The lowest BCUT2D eigenvalue weighted by atomic mass is 10.2. The highest BCUT2D eigenvalue weighted by atomic mass is 127.